The number of para-hydroxylation sites is 2. The first-order valence-corrected chi connectivity index (χ1v) is 10.1. The molecule has 1 saturated heterocycles. The second-order valence-corrected chi connectivity index (χ2v) is 7.07. The maximum Gasteiger partial charge on any atom is 0.321 e. The van der Waals surface area contributed by atoms with E-state index < -0.39 is 0 Å². The van der Waals surface area contributed by atoms with Gasteiger partial charge in [-0.3, -0.25) is 4.90 Å². The third-order valence-corrected chi connectivity index (χ3v) is 5.18. The predicted octanol–water partition coefficient (Wildman–Crippen LogP) is 3.37. The van der Waals surface area contributed by atoms with Crippen molar-refractivity contribution in [2.75, 3.05) is 56.6 Å². The Labute approximate surface area is 171 Å². The van der Waals surface area contributed by atoms with E-state index in [1.54, 1.807) is 7.11 Å². The zero-order chi connectivity index (χ0) is 19.9. The highest BCUT2D eigenvalue weighted by molar-refractivity contribution is 5.58. The molecule has 7 heteroatoms. The summed E-state index contributed by atoms with van der Waals surface area (Å²) in [7, 11) is 1.73. The molecule has 1 fully saturated rings. The average Bonchev–Trinajstić information content (AvgIpc) is 3.27. The molecule has 0 spiro atoms. The third kappa shape index (κ3) is 4.86. The maximum absolute atomic E-state index is 5.49. The van der Waals surface area contributed by atoms with Crippen LogP contribution in [0.4, 0.5) is 11.7 Å². The molecule has 0 saturated carbocycles. The fourth-order valence-electron chi connectivity index (χ4n) is 3.60. The van der Waals surface area contributed by atoms with Crippen LogP contribution >= 0.6 is 0 Å². The highest BCUT2D eigenvalue weighted by Crippen LogP contribution is 2.28. The lowest BCUT2D eigenvalue weighted by Crippen LogP contribution is -2.46. The normalized spacial score (nSPS) is 14.7. The molecule has 1 N–H and O–H groups in total. The topological polar surface area (TPSA) is 66.7 Å². The van der Waals surface area contributed by atoms with E-state index >= 15 is 0 Å². The summed E-state index contributed by atoms with van der Waals surface area (Å²) in [6.45, 7) is 5.99. The van der Waals surface area contributed by atoms with Gasteiger partial charge in [-0.2, -0.15) is 4.98 Å². The Morgan fingerprint density at radius 3 is 2.55 bits per heavy atom. The fraction of sp³-hybridized carbons (Fsp3) is 0.364. The number of aromatic nitrogens is 2. The SMILES string of the molecule is COc1ccccc1N1CCN(CCCNc2nc(-c3ccccc3)no2)CC1. The molecule has 0 bridgehead atoms. The van der Waals surface area contributed by atoms with E-state index in [1.165, 1.54) is 5.69 Å². The van der Waals surface area contributed by atoms with Crippen molar-refractivity contribution in [3.8, 4) is 17.1 Å². The van der Waals surface area contributed by atoms with Crippen LogP contribution < -0.4 is 15.0 Å². The molecule has 152 valence electrons. The molecule has 0 aliphatic carbocycles. The van der Waals surface area contributed by atoms with Gasteiger partial charge in [-0.15, -0.1) is 0 Å². The van der Waals surface area contributed by atoms with E-state index in [4.69, 9.17) is 9.26 Å². The van der Waals surface area contributed by atoms with Crippen LogP contribution in [0, 0.1) is 0 Å². The van der Waals surface area contributed by atoms with Crippen molar-refractivity contribution in [2.45, 2.75) is 6.42 Å². The number of rotatable bonds is 8. The van der Waals surface area contributed by atoms with Crippen LogP contribution in [0.3, 0.4) is 0 Å². The highest BCUT2D eigenvalue weighted by Gasteiger charge is 2.19. The van der Waals surface area contributed by atoms with E-state index in [1.807, 2.05) is 42.5 Å². The van der Waals surface area contributed by atoms with Crippen molar-refractivity contribution < 1.29 is 9.26 Å². The van der Waals surface area contributed by atoms with E-state index in [-0.39, 0.29) is 0 Å². The quantitative estimate of drug-likeness (QED) is 0.589. The van der Waals surface area contributed by atoms with Crippen molar-refractivity contribution in [1.29, 1.82) is 0 Å². The Balaban J connectivity index is 1.18. The minimum absolute atomic E-state index is 0.477. The number of hydrogen-bond donors (Lipinski definition) is 1. The monoisotopic (exact) mass is 393 g/mol. The van der Waals surface area contributed by atoms with Crippen LogP contribution in [-0.4, -0.2) is 61.4 Å². The fourth-order valence-corrected chi connectivity index (χ4v) is 3.60. The van der Waals surface area contributed by atoms with Crippen LogP contribution in [-0.2, 0) is 0 Å². The molecule has 4 rings (SSSR count). The molecule has 0 amide bonds. The van der Waals surface area contributed by atoms with Gasteiger partial charge in [0.2, 0.25) is 5.82 Å². The first kappa shape index (κ1) is 19.3. The number of anilines is 2. The van der Waals surface area contributed by atoms with Crippen molar-refractivity contribution in [2.24, 2.45) is 0 Å². The van der Waals surface area contributed by atoms with E-state index in [9.17, 15) is 0 Å². The molecule has 2 aromatic carbocycles. The Kier molecular flexibility index (Phi) is 6.26. The molecular formula is C22H27N5O2. The van der Waals surface area contributed by atoms with Crippen molar-refractivity contribution in [1.82, 2.24) is 15.0 Å². The Hall–Kier alpha value is -3.06. The van der Waals surface area contributed by atoms with Crippen LogP contribution in [0.15, 0.2) is 59.1 Å². The molecule has 0 atom stereocenters. The summed E-state index contributed by atoms with van der Waals surface area (Å²) in [4.78, 5) is 9.30. The van der Waals surface area contributed by atoms with Gasteiger partial charge in [0.05, 0.1) is 12.8 Å². The lowest BCUT2D eigenvalue weighted by Gasteiger charge is -2.36. The van der Waals surface area contributed by atoms with Gasteiger partial charge >= 0.3 is 6.01 Å². The second-order valence-electron chi connectivity index (χ2n) is 7.07. The summed E-state index contributed by atoms with van der Waals surface area (Å²) in [6.07, 6.45) is 1.03. The van der Waals surface area contributed by atoms with Gasteiger partial charge in [-0.05, 0) is 25.1 Å². The van der Waals surface area contributed by atoms with Crippen LogP contribution in [0.25, 0.3) is 11.4 Å². The number of methoxy groups -OCH3 is 1. The van der Waals surface area contributed by atoms with Crippen molar-refractivity contribution in [3.05, 3.63) is 54.6 Å². The number of piperazine rings is 1. The van der Waals surface area contributed by atoms with Crippen LogP contribution in [0.2, 0.25) is 0 Å². The molecule has 1 aliphatic heterocycles. The molecule has 1 aliphatic rings. The van der Waals surface area contributed by atoms with E-state index in [0.29, 0.717) is 11.8 Å². The smallest absolute Gasteiger partial charge is 0.321 e. The third-order valence-electron chi connectivity index (χ3n) is 5.18. The lowest BCUT2D eigenvalue weighted by molar-refractivity contribution is 0.256. The Morgan fingerprint density at radius 2 is 1.76 bits per heavy atom. The summed E-state index contributed by atoms with van der Waals surface area (Å²) in [6, 6.07) is 18.6. The molecule has 0 radical (unpaired) electrons. The van der Waals surface area contributed by atoms with E-state index in [2.05, 4.69) is 37.4 Å². The minimum Gasteiger partial charge on any atom is -0.495 e. The Morgan fingerprint density at radius 1 is 1.00 bits per heavy atom. The van der Waals surface area contributed by atoms with Gasteiger partial charge in [0.1, 0.15) is 5.75 Å². The predicted molar refractivity (Wildman–Crippen MR) is 114 cm³/mol. The van der Waals surface area contributed by atoms with Gasteiger partial charge in [0.25, 0.3) is 0 Å². The van der Waals surface area contributed by atoms with Crippen molar-refractivity contribution >= 4 is 11.7 Å². The van der Waals surface area contributed by atoms with Gasteiger partial charge in [0, 0.05) is 38.3 Å². The number of nitrogens with zero attached hydrogens (tertiary/aromatic N) is 4. The Bertz CT molecular complexity index is 891. The van der Waals surface area contributed by atoms with Gasteiger partial charge in [-0.25, -0.2) is 0 Å². The average molecular weight is 393 g/mol. The van der Waals surface area contributed by atoms with Gasteiger partial charge < -0.3 is 19.5 Å². The van der Waals surface area contributed by atoms with Crippen LogP contribution in [0.5, 0.6) is 5.75 Å². The van der Waals surface area contributed by atoms with Gasteiger partial charge in [0.15, 0.2) is 0 Å². The van der Waals surface area contributed by atoms with Crippen molar-refractivity contribution in [3.63, 3.8) is 0 Å². The summed E-state index contributed by atoms with van der Waals surface area (Å²) >= 11 is 0. The molecule has 3 aromatic rings. The molecule has 2 heterocycles. The molecular weight excluding hydrogens is 366 g/mol. The maximum atomic E-state index is 5.49. The number of ether oxygens (including phenoxy) is 1. The molecule has 0 unspecified atom stereocenters. The lowest BCUT2D eigenvalue weighted by atomic mass is 10.2. The molecule has 29 heavy (non-hydrogen) atoms. The minimum atomic E-state index is 0.477. The largest absolute Gasteiger partial charge is 0.495 e. The standard InChI is InChI=1S/C22H27N5O2/c1-28-20-11-6-5-10-19(20)27-16-14-26(15-17-27)13-7-12-23-22-24-21(25-29-22)18-8-3-2-4-9-18/h2-6,8-11H,7,12-17H2,1H3,(H,23,24,25). The summed E-state index contributed by atoms with van der Waals surface area (Å²) in [5.74, 6) is 1.56. The van der Waals surface area contributed by atoms with Crippen LogP contribution in [0.1, 0.15) is 6.42 Å². The highest BCUT2D eigenvalue weighted by atomic mass is 16.5. The number of nitrogens with one attached hydrogen (secondary N) is 1. The zero-order valence-corrected chi connectivity index (χ0v) is 16.8. The second kappa shape index (κ2) is 9.43. The molecule has 7 nitrogen and oxygen atoms in total. The first-order chi connectivity index (χ1) is 14.3. The first-order valence-electron chi connectivity index (χ1n) is 10.1. The summed E-state index contributed by atoms with van der Waals surface area (Å²) in [5, 5.41) is 7.26. The summed E-state index contributed by atoms with van der Waals surface area (Å²) < 4.78 is 10.8. The number of hydrogen-bond acceptors (Lipinski definition) is 7. The number of benzene rings is 2. The van der Waals surface area contributed by atoms with E-state index in [0.717, 1.165) is 57.0 Å². The zero-order valence-electron chi connectivity index (χ0n) is 16.8. The summed E-state index contributed by atoms with van der Waals surface area (Å²) in [5.41, 5.74) is 2.14. The van der Waals surface area contributed by atoms with Gasteiger partial charge in [-0.1, -0.05) is 47.6 Å². The molecule has 1 aromatic heterocycles.